The van der Waals surface area contributed by atoms with Crippen LogP contribution in [0.3, 0.4) is 0 Å². The molecule has 1 unspecified atom stereocenters. The largest absolute Gasteiger partial charge is 0.353 e. The minimum atomic E-state index is 0.498. The molecule has 0 spiro atoms. The van der Waals surface area contributed by atoms with E-state index in [-0.39, 0.29) is 0 Å². The zero-order valence-corrected chi connectivity index (χ0v) is 12.0. The second kappa shape index (κ2) is 5.28. The van der Waals surface area contributed by atoms with E-state index in [1.807, 2.05) is 18.7 Å². The van der Waals surface area contributed by atoms with Gasteiger partial charge in [-0.25, -0.2) is 0 Å². The van der Waals surface area contributed by atoms with Crippen LogP contribution in [0, 0.1) is 6.92 Å². The third-order valence-corrected chi connectivity index (χ3v) is 3.84. The third-order valence-electron chi connectivity index (χ3n) is 3.84. The van der Waals surface area contributed by atoms with Crippen LogP contribution in [0.1, 0.15) is 24.6 Å². The zero-order valence-electron chi connectivity index (χ0n) is 12.0. The number of aromatic nitrogens is 2. The van der Waals surface area contributed by atoms with E-state index in [4.69, 9.17) is 5.73 Å². The number of likely N-dealkylation sites (N-methyl/N-ethyl adjacent to an activating group) is 1. The summed E-state index contributed by atoms with van der Waals surface area (Å²) in [6.45, 7) is 8.22. The summed E-state index contributed by atoms with van der Waals surface area (Å²) < 4.78 is 1.99. The standard InChI is InChI=1S/C13H25N5/c1-10-9-16(3)6-5-7-18(10)13-12(8-14)11(2)15-17(13)4/h10H,5-9,14H2,1-4H3. The Morgan fingerprint density at radius 1 is 1.33 bits per heavy atom. The molecular formula is C13H25N5. The van der Waals surface area contributed by atoms with Gasteiger partial charge in [0, 0.05) is 38.3 Å². The molecule has 5 nitrogen and oxygen atoms in total. The summed E-state index contributed by atoms with van der Waals surface area (Å²) in [5, 5.41) is 4.52. The first-order valence-electron chi connectivity index (χ1n) is 6.72. The number of nitrogens with two attached hydrogens (primary N) is 1. The number of anilines is 1. The molecule has 2 heterocycles. The lowest BCUT2D eigenvalue weighted by atomic mass is 10.2. The molecule has 0 saturated carbocycles. The van der Waals surface area contributed by atoms with Crippen molar-refractivity contribution in [2.45, 2.75) is 32.9 Å². The van der Waals surface area contributed by atoms with Crippen molar-refractivity contribution < 1.29 is 0 Å². The van der Waals surface area contributed by atoms with Gasteiger partial charge in [0.1, 0.15) is 5.82 Å². The zero-order chi connectivity index (χ0) is 13.3. The summed E-state index contributed by atoms with van der Waals surface area (Å²) in [6.07, 6.45) is 1.19. The van der Waals surface area contributed by atoms with Gasteiger partial charge in [-0.2, -0.15) is 5.10 Å². The molecule has 1 atom stereocenters. The van der Waals surface area contributed by atoms with E-state index in [0.29, 0.717) is 12.6 Å². The number of hydrogen-bond donors (Lipinski definition) is 1. The van der Waals surface area contributed by atoms with Crippen LogP contribution in [-0.4, -0.2) is 47.4 Å². The van der Waals surface area contributed by atoms with Crippen LogP contribution >= 0.6 is 0 Å². The molecule has 0 aromatic carbocycles. The summed E-state index contributed by atoms with van der Waals surface area (Å²) in [5.41, 5.74) is 8.14. The second-order valence-electron chi connectivity index (χ2n) is 5.37. The lowest BCUT2D eigenvalue weighted by Gasteiger charge is -2.30. The lowest BCUT2D eigenvalue weighted by Crippen LogP contribution is -2.39. The number of rotatable bonds is 2. The fourth-order valence-corrected chi connectivity index (χ4v) is 2.97. The monoisotopic (exact) mass is 251 g/mol. The van der Waals surface area contributed by atoms with Crippen LogP contribution in [0.5, 0.6) is 0 Å². The molecule has 5 heteroatoms. The van der Waals surface area contributed by atoms with Crippen molar-refractivity contribution in [3.8, 4) is 0 Å². The topological polar surface area (TPSA) is 50.3 Å². The molecule has 1 fully saturated rings. The highest BCUT2D eigenvalue weighted by atomic mass is 15.4. The minimum Gasteiger partial charge on any atom is -0.353 e. The first-order chi connectivity index (χ1) is 8.54. The highest BCUT2D eigenvalue weighted by Gasteiger charge is 2.25. The Hall–Kier alpha value is -1.07. The maximum absolute atomic E-state index is 5.89. The molecule has 2 N–H and O–H groups in total. The molecule has 2 rings (SSSR count). The van der Waals surface area contributed by atoms with Crippen molar-refractivity contribution in [3.05, 3.63) is 11.3 Å². The van der Waals surface area contributed by atoms with Crippen LogP contribution in [0.25, 0.3) is 0 Å². The Kier molecular flexibility index (Phi) is 3.92. The maximum atomic E-state index is 5.89. The molecule has 0 aliphatic carbocycles. The summed E-state index contributed by atoms with van der Waals surface area (Å²) in [4.78, 5) is 4.86. The van der Waals surface area contributed by atoms with E-state index in [1.165, 1.54) is 17.8 Å². The number of nitrogens with zero attached hydrogens (tertiary/aromatic N) is 4. The smallest absolute Gasteiger partial charge is 0.131 e. The molecule has 0 amide bonds. The summed E-state index contributed by atoms with van der Waals surface area (Å²) in [5.74, 6) is 1.21. The van der Waals surface area contributed by atoms with Crippen molar-refractivity contribution in [3.63, 3.8) is 0 Å². The quantitative estimate of drug-likeness (QED) is 0.841. The number of hydrogen-bond acceptors (Lipinski definition) is 4. The predicted octanol–water partition coefficient (Wildman–Crippen LogP) is 0.718. The van der Waals surface area contributed by atoms with E-state index in [1.54, 1.807) is 0 Å². The first kappa shape index (κ1) is 13.4. The fourth-order valence-electron chi connectivity index (χ4n) is 2.97. The van der Waals surface area contributed by atoms with Crippen molar-refractivity contribution in [2.75, 3.05) is 31.6 Å². The molecule has 1 aliphatic heterocycles. The van der Waals surface area contributed by atoms with Gasteiger partial charge >= 0.3 is 0 Å². The average molecular weight is 251 g/mol. The van der Waals surface area contributed by atoms with Gasteiger partial charge in [0.25, 0.3) is 0 Å². The van der Waals surface area contributed by atoms with Crippen LogP contribution in [-0.2, 0) is 13.6 Å². The van der Waals surface area contributed by atoms with Crippen molar-refractivity contribution >= 4 is 5.82 Å². The molecule has 0 radical (unpaired) electrons. The third kappa shape index (κ3) is 2.37. The van der Waals surface area contributed by atoms with Crippen molar-refractivity contribution in [2.24, 2.45) is 12.8 Å². The van der Waals surface area contributed by atoms with Crippen molar-refractivity contribution in [1.82, 2.24) is 14.7 Å². The van der Waals surface area contributed by atoms with E-state index < -0.39 is 0 Å². The molecule has 1 aromatic rings. The summed E-state index contributed by atoms with van der Waals surface area (Å²) in [6, 6.07) is 0.498. The maximum Gasteiger partial charge on any atom is 0.131 e. The summed E-state index contributed by atoms with van der Waals surface area (Å²) >= 11 is 0. The summed E-state index contributed by atoms with van der Waals surface area (Å²) in [7, 11) is 4.21. The minimum absolute atomic E-state index is 0.498. The molecule has 102 valence electrons. The van der Waals surface area contributed by atoms with E-state index in [0.717, 1.165) is 25.3 Å². The second-order valence-corrected chi connectivity index (χ2v) is 5.37. The van der Waals surface area contributed by atoms with Gasteiger partial charge in [0.15, 0.2) is 0 Å². The normalized spacial score (nSPS) is 22.3. The van der Waals surface area contributed by atoms with Crippen LogP contribution in [0.15, 0.2) is 0 Å². The van der Waals surface area contributed by atoms with E-state index >= 15 is 0 Å². The highest BCUT2D eigenvalue weighted by Crippen LogP contribution is 2.26. The molecule has 1 aliphatic rings. The van der Waals surface area contributed by atoms with Crippen molar-refractivity contribution in [1.29, 1.82) is 0 Å². The average Bonchev–Trinajstić information content (AvgIpc) is 2.47. The Balaban J connectivity index is 2.34. The molecule has 0 bridgehead atoms. The Morgan fingerprint density at radius 2 is 2.06 bits per heavy atom. The van der Waals surface area contributed by atoms with Gasteiger partial charge in [-0.1, -0.05) is 0 Å². The fraction of sp³-hybridized carbons (Fsp3) is 0.769. The Morgan fingerprint density at radius 3 is 2.72 bits per heavy atom. The molecular weight excluding hydrogens is 226 g/mol. The van der Waals surface area contributed by atoms with E-state index in [2.05, 4.69) is 28.9 Å². The SMILES string of the molecule is Cc1nn(C)c(N2CCCN(C)CC2C)c1CN. The van der Waals surface area contributed by atoms with Gasteiger partial charge in [0.05, 0.1) is 5.69 Å². The Labute approximate surface area is 110 Å². The van der Waals surface area contributed by atoms with Crippen LogP contribution < -0.4 is 10.6 Å². The van der Waals surface area contributed by atoms with Crippen LogP contribution in [0.2, 0.25) is 0 Å². The van der Waals surface area contributed by atoms with Gasteiger partial charge in [-0.3, -0.25) is 4.68 Å². The molecule has 18 heavy (non-hydrogen) atoms. The van der Waals surface area contributed by atoms with Gasteiger partial charge in [-0.15, -0.1) is 0 Å². The predicted molar refractivity (Wildman–Crippen MR) is 74.8 cm³/mol. The molecule has 1 aromatic heterocycles. The molecule has 1 saturated heterocycles. The lowest BCUT2D eigenvalue weighted by molar-refractivity contribution is 0.336. The Bertz CT molecular complexity index is 412. The van der Waals surface area contributed by atoms with Crippen LogP contribution in [0.4, 0.5) is 5.82 Å². The highest BCUT2D eigenvalue weighted by molar-refractivity contribution is 5.51. The van der Waals surface area contributed by atoms with Gasteiger partial charge in [-0.05, 0) is 33.9 Å². The van der Waals surface area contributed by atoms with Gasteiger partial charge in [0.2, 0.25) is 0 Å². The van der Waals surface area contributed by atoms with E-state index in [9.17, 15) is 0 Å². The van der Waals surface area contributed by atoms with Gasteiger partial charge < -0.3 is 15.5 Å². The number of aryl methyl sites for hydroxylation is 2. The first-order valence-corrected chi connectivity index (χ1v) is 6.72.